The number of hydrogen-bond acceptors (Lipinski definition) is 0. The predicted molar refractivity (Wildman–Crippen MR) is 23.8 cm³/mol. The third kappa shape index (κ3) is 23.0. The van der Waals surface area contributed by atoms with Gasteiger partial charge in [0.2, 0.25) is 0 Å². The summed E-state index contributed by atoms with van der Waals surface area (Å²) >= 11 is 0. The van der Waals surface area contributed by atoms with Crippen LogP contribution in [0.4, 0.5) is 0 Å². The molecule has 21 valence electrons. The minimum atomic E-state index is 0. The van der Waals surface area contributed by atoms with Crippen LogP contribution in [0.2, 0.25) is 0 Å². The van der Waals surface area contributed by atoms with Crippen molar-refractivity contribution in [2.45, 2.75) is 0 Å². The molecule has 0 bridgehead atoms. The zero-order valence-corrected chi connectivity index (χ0v) is 16.1. The molecule has 0 N–H and O–H groups in total. The van der Waals surface area contributed by atoms with Crippen molar-refractivity contribution < 1.29 is 95.0 Å². The van der Waals surface area contributed by atoms with Gasteiger partial charge in [0.1, 0.15) is 0 Å². The van der Waals surface area contributed by atoms with E-state index >= 15 is 0 Å². The first-order chi connectivity index (χ1) is 1.00. The smallest absolute Gasteiger partial charge is 0.533 e. The minimum Gasteiger partial charge on any atom is -0.533 e. The Morgan fingerprint density at radius 3 is 1.00 bits per heavy atom. The van der Waals surface area contributed by atoms with Crippen molar-refractivity contribution in [2.75, 3.05) is 0 Å². The third-order valence-corrected chi connectivity index (χ3v) is 0. The van der Waals surface area contributed by atoms with E-state index in [1.165, 1.54) is 0 Å². The largest absolute Gasteiger partial charge is 1.00 e. The SMILES string of the molecule is [Na+].[Na].[PH-]P.[Y].[Y]. The maximum atomic E-state index is 2.89. The topological polar surface area (TPSA) is 0 Å². The first-order valence-electron chi connectivity index (χ1n) is 0.289. The van der Waals surface area contributed by atoms with Crippen LogP contribution in [-0.2, 0) is 65.4 Å². The molecule has 0 aliphatic rings. The van der Waals surface area contributed by atoms with Crippen LogP contribution in [0.1, 0.15) is 0 Å². The summed E-state index contributed by atoms with van der Waals surface area (Å²) in [4.78, 5) is 0. The molecule has 0 nitrogen and oxygen atoms in total. The summed E-state index contributed by atoms with van der Waals surface area (Å²) in [6.07, 6.45) is 0. The average molecular weight is 289 g/mol. The molecular formula is H3Na2P2Y2. The summed E-state index contributed by atoms with van der Waals surface area (Å²) in [5, 5.41) is 0. The normalized spacial score (nSPS) is 1.00. The van der Waals surface area contributed by atoms with Crippen LogP contribution in [0.3, 0.4) is 0 Å². The van der Waals surface area contributed by atoms with E-state index in [1.54, 1.807) is 0 Å². The van der Waals surface area contributed by atoms with Crippen LogP contribution in [0.5, 0.6) is 0 Å². The van der Waals surface area contributed by atoms with Crippen molar-refractivity contribution >= 4 is 47.4 Å². The Kier molecular flexibility index (Phi) is 164. The number of hydrogen-bond donors (Lipinski definition) is 0. The Morgan fingerprint density at radius 2 is 1.00 bits per heavy atom. The average Bonchev–Trinajstić information content (AvgIpc) is 1.00. The second-order valence-corrected chi connectivity index (χ2v) is 0. The zero-order valence-electron chi connectivity index (χ0n) is 4.23. The fraction of sp³-hybridized carbons (Fsp3) is 0. The van der Waals surface area contributed by atoms with Gasteiger partial charge in [-0.1, -0.05) is 0 Å². The molecule has 1 atom stereocenters. The molecule has 0 heterocycles. The van der Waals surface area contributed by atoms with Gasteiger partial charge in [0.15, 0.2) is 0 Å². The Morgan fingerprint density at radius 1 is 1.00 bits per heavy atom. The standard InChI is InChI=1S/2Na.H3P2.2Y/c;;1-2;;/h;;1H,2H2;;/q;+1;-1;;. The Bertz CT molecular complexity index is 9.51. The molecule has 0 amide bonds. The summed E-state index contributed by atoms with van der Waals surface area (Å²) in [6.45, 7) is 0. The van der Waals surface area contributed by atoms with Crippen molar-refractivity contribution in [3.8, 4) is 0 Å². The van der Waals surface area contributed by atoms with Gasteiger partial charge in [0, 0.05) is 95.0 Å². The van der Waals surface area contributed by atoms with Gasteiger partial charge in [-0.05, 0) is 0 Å². The van der Waals surface area contributed by atoms with E-state index in [-0.39, 0.29) is 125 Å². The van der Waals surface area contributed by atoms with Gasteiger partial charge in [0.05, 0.1) is 0 Å². The fourth-order valence-electron chi connectivity index (χ4n) is 0. The van der Waals surface area contributed by atoms with Crippen molar-refractivity contribution in [1.82, 2.24) is 0 Å². The first-order valence-corrected chi connectivity index (χ1v) is 2.60. The molecule has 0 aliphatic carbocycles. The van der Waals surface area contributed by atoms with Crippen LogP contribution in [0.25, 0.3) is 0 Å². The molecule has 6 heteroatoms. The summed E-state index contributed by atoms with van der Waals surface area (Å²) < 4.78 is 0. The predicted octanol–water partition coefficient (Wildman–Crippen LogP) is -2.46. The molecule has 6 heavy (non-hydrogen) atoms. The van der Waals surface area contributed by atoms with E-state index in [0.29, 0.717) is 0 Å². The maximum Gasteiger partial charge on any atom is 1.00 e. The van der Waals surface area contributed by atoms with Crippen LogP contribution < -0.4 is 29.6 Å². The second-order valence-electron chi connectivity index (χ2n) is 0. The van der Waals surface area contributed by atoms with Crippen LogP contribution in [-0.4, -0.2) is 29.6 Å². The molecule has 0 aromatic heterocycles. The van der Waals surface area contributed by atoms with E-state index in [1.807, 2.05) is 0 Å². The van der Waals surface area contributed by atoms with Gasteiger partial charge in [-0.15, -0.1) is 0 Å². The van der Waals surface area contributed by atoms with Gasteiger partial charge < -0.3 is 17.9 Å². The quantitative estimate of drug-likeness (QED) is 0.343. The summed E-state index contributed by atoms with van der Waals surface area (Å²) in [5.41, 5.74) is 0. The van der Waals surface area contributed by atoms with Gasteiger partial charge in [-0.2, -0.15) is 0 Å². The molecule has 0 fully saturated rings. The Labute approximate surface area is 139 Å². The first kappa shape index (κ1) is 30.5. The van der Waals surface area contributed by atoms with Crippen molar-refractivity contribution in [1.29, 1.82) is 0 Å². The van der Waals surface area contributed by atoms with Crippen LogP contribution in [0.15, 0.2) is 0 Å². The molecule has 0 saturated heterocycles. The van der Waals surface area contributed by atoms with E-state index in [0.717, 1.165) is 0 Å². The molecule has 1 unspecified atom stereocenters. The molecule has 0 aliphatic heterocycles. The molecule has 0 saturated carbocycles. The molecule has 0 aromatic carbocycles. The number of rotatable bonds is 0. The second kappa shape index (κ2) is 32.2. The molecule has 0 spiro atoms. The van der Waals surface area contributed by atoms with Crippen molar-refractivity contribution in [2.24, 2.45) is 0 Å². The molecule has 3 radical (unpaired) electrons. The fourth-order valence-corrected chi connectivity index (χ4v) is 0. The van der Waals surface area contributed by atoms with Crippen molar-refractivity contribution in [3.05, 3.63) is 0 Å². The Hall–Kier alpha value is 5.07. The van der Waals surface area contributed by atoms with E-state index < -0.39 is 0 Å². The maximum absolute atomic E-state index is 2.89. The van der Waals surface area contributed by atoms with Gasteiger partial charge in [-0.3, -0.25) is 0 Å². The van der Waals surface area contributed by atoms with Crippen molar-refractivity contribution in [3.63, 3.8) is 0 Å². The monoisotopic (exact) mass is 289 g/mol. The van der Waals surface area contributed by atoms with E-state index in [2.05, 4.69) is 17.9 Å². The van der Waals surface area contributed by atoms with Gasteiger partial charge in [-0.25, -0.2) is 0 Å². The van der Waals surface area contributed by atoms with Crippen LogP contribution in [0, 0.1) is 0 Å². The summed E-state index contributed by atoms with van der Waals surface area (Å²) in [6, 6.07) is 0. The van der Waals surface area contributed by atoms with Crippen LogP contribution >= 0.6 is 17.9 Å². The minimum absolute atomic E-state index is 0. The van der Waals surface area contributed by atoms with Gasteiger partial charge in [0.25, 0.3) is 0 Å². The molecule has 0 rings (SSSR count). The van der Waals surface area contributed by atoms with Gasteiger partial charge >= 0.3 is 29.6 Å². The van der Waals surface area contributed by atoms with E-state index in [9.17, 15) is 0 Å². The Balaban J connectivity index is -0.000000000833. The third-order valence-electron chi connectivity index (χ3n) is 0. The zero-order chi connectivity index (χ0) is 2.00. The molecular weight excluding hydrogens is 286 g/mol. The summed E-state index contributed by atoms with van der Waals surface area (Å²) in [7, 11) is 5.11. The summed E-state index contributed by atoms with van der Waals surface area (Å²) in [5.74, 6) is 0. The molecule has 0 aromatic rings. The van der Waals surface area contributed by atoms with E-state index in [4.69, 9.17) is 0 Å².